The van der Waals surface area contributed by atoms with Crippen molar-refractivity contribution in [3.63, 3.8) is 0 Å². The van der Waals surface area contributed by atoms with Gasteiger partial charge in [-0.15, -0.1) is 0 Å². The third-order valence-electron chi connectivity index (χ3n) is 2.87. The molecule has 0 spiro atoms. The average Bonchev–Trinajstić information content (AvgIpc) is 2.83. The lowest BCUT2D eigenvalue weighted by Crippen LogP contribution is -2.28. The van der Waals surface area contributed by atoms with E-state index in [-0.39, 0.29) is 0 Å². The summed E-state index contributed by atoms with van der Waals surface area (Å²) >= 11 is 1.66. The van der Waals surface area contributed by atoms with Gasteiger partial charge in [-0.25, -0.2) is 0 Å². The van der Waals surface area contributed by atoms with E-state index in [0.717, 1.165) is 33.3 Å². The molecule has 0 unspecified atom stereocenters. The minimum Gasteiger partial charge on any atom is -0.0880 e. The van der Waals surface area contributed by atoms with Gasteiger partial charge in [0.15, 0.2) is 5.69 Å². The van der Waals surface area contributed by atoms with E-state index >= 15 is 0 Å². The molecule has 0 aliphatic carbocycles. The molecule has 3 rings (SSSR count). The zero-order valence-electron chi connectivity index (χ0n) is 10.4. The van der Waals surface area contributed by atoms with Crippen LogP contribution in [0.3, 0.4) is 0 Å². The van der Waals surface area contributed by atoms with Crippen LogP contribution in [0.4, 0.5) is 0 Å². The molecular formula is C14H14N3S+. The quantitative estimate of drug-likeness (QED) is 0.660. The highest BCUT2D eigenvalue weighted by Crippen LogP contribution is 2.19. The highest BCUT2D eigenvalue weighted by Gasteiger charge is 2.17. The highest BCUT2D eigenvalue weighted by atomic mass is 32.1. The molecule has 2 aromatic heterocycles. The van der Waals surface area contributed by atoms with Crippen molar-refractivity contribution in [1.29, 1.82) is 0 Å². The predicted molar refractivity (Wildman–Crippen MR) is 72.6 cm³/mol. The lowest BCUT2D eigenvalue weighted by atomic mass is 10.1. The SMILES string of the molecule is CCc1n[n+]2c(C)cc(-c3ccccc3)nc2s1. The van der Waals surface area contributed by atoms with E-state index in [1.807, 2.05) is 22.7 Å². The summed E-state index contributed by atoms with van der Waals surface area (Å²) in [7, 11) is 0. The average molecular weight is 256 g/mol. The van der Waals surface area contributed by atoms with E-state index in [2.05, 4.69) is 37.1 Å². The van der Waals surface area contributed by atoms with Crippen LogP contribution in [-0.2, 0) is 6.42 Å². The smallest absolute Gasteiger partial charge is 0.0880 e. The van der Waals surface area contributed by atoms with Crippen molar-refractivity contribution in [2.45, 2.75) is 20.3 Å². The molecule has 0 bridgehead atoms. The van der Waals surface area contributed by atoms with Crippen LogP contribution >= 0.6 is 11.3 Å². The molecule has 0 saturated heterocycles. The molecule has 18 heavy (non-hydrogen) atoms. The number of fused-ring (bicyclic) bond motifs is 1. The lowest BCUT2D eigenvalue weighted by Gasteiger charge is -1.95. The first-order chi connectivity index (χ1) is 8.78. The molecule has 0 amide bonds. The molecule has 0 atom stereocenters. The van der Waals surface area contributed by atoms with Crippen molar-refractivity contribution in [1.82, 2.24) is 10.1 Å². The number of aryl methyl sites for hydroxylation is 2. The van der Waals surface area contributed by atoms with Gasteiger partial charge in [-0.3, -0.25) is 0 Å². The summed E-state index contributed by atoms with van der Waals surface area (Å²) < 4.78 is 1.93. The molecule has 3 aromatic rings. The van der Waals surface area contributed by atoms with E-state index in [4.69, 9.17) is 4.98 Å². The molecule has 0 fully saturated rings. The van der Waals surface area contributed by atoms with Crippen molar-refractivity contribution in [2.24, 2.45) is 0 Å². The van der Waals surface area contributed by atoms with Gasteiger partial charge in [0.05, 0.1) is 0 Å². The Hall–Kier alpha value is -1.81. The molecule has 4 heteroatoms. The number of aromatic nitrogens is 3. The van der Waals surface area contributed by atoms with Crippen molar-refractivity contribution in [3.8, 4) is 11.3 Å². The summed E-state index contributed by atoms with van der Waals surface area (Å²) in [4.78, 5) is 5.66. The molecule has 2 heterocycles. The predicted octanol–water partition coefficient (Wildman–Crippen LogP) is 2.81. The topological polar surface area (TPSA) is 29.9 Å². The van der Waals surface area contributed by atoms with Gasteiger partial charge in [-0.05, 0) is 16.3 Å². The standard InChI is InChI=1S/C14H14N3S/c1-3-13-16-17-10(2)9-12(15-14(17)18-13)11-7-5-4-6-8-11/h4-9H,3H2,1-2H3/q+1. The van der Waals surface area contributed by atoms with Crippen molar-refractivity contribution in [2.75, 3.05) is 0 Å². The molecule has 90 valence electrons. The maximum Gasteiger partial charge on any atom is 0.410 e. The molecule has 0 radical (unpaired) electrons. The van der Waals surface area contributed by atoms with Crippen LogP contribution in [0, 0.1) is 6.92 Å². The van der Waals surface area contributed by atoms with E-state index in [9.17, 15) is 0 Å². The van der Waals surface area contributed by atoms with Gasteiger partial charge in [-0.2, -0.15) is 0 Å². The van der Waals surface area contributed by atoms with Crippen molar-refractivity contribution < 1.29 is 4.52 Å². The summed E-state index contributed by atoms with van der Waals surface area (Å²) in [5.41, 5.74) is 3.28. The lowest BCUT2D eigenvalue weighted by molar-refractivity contribution is -0.585. The molecular weight excluding hydrogens is 242 g/mol. The Morgan fingerprint density at radius 3 is 2.72 bits per heavy atom. The van der Waals surface area contributed by atoms with Crippen LogP contribution in [0.2, 0.25) is 0 Å². The third kappa shape index (κ3) is 1.88. The minimum absolute atomic E-state index is 0.953. The van der Waals surface area contributed by atoms with Gasteiger partial charge >= 0.3 is 4.96 Å². The van der Waals surface area contributed by atoms with E-state index in [1.165, 1.54) is 0 Å². The summed E-state index contributed by atoms with van der Waals surface area (Å²) in [6, 6.07) is 12.3. The Balaban J connectivity index is 2.21. The third-order valence-corrected chi connectivity index (χ3v) is 3.92. The number of hydrogen-bond acceptors (Lipinski definition) is 3. The van der Waals surface area contributed by atoms with Crippen LogP contribution in [0.25, 0.3) is 16.2 Å². The van der Waals surface area contributed by atoms with Crippen molar-refractivity contribution >= 4 is 16.3 Å². The zero-order chi connectivity index (χ0) is 12.5. The number of rotatable bonds is 2. The van der Waals surface area contributed by atoms with Gasteiger partial charge in [-0.1, -0.05) is 46.9 Å². The molecule has 0 aliphatic heterocycles. The molecule has 1 aromatic carbocycles. The molecule has 0 N–H and O–H groups in total. The summed E-state index contributed by atoms with van der Waals surface area (Å²) in [6.07, 6.45) is 0.953. The van der Waals surface area contributed by atoms with Gasteiger partial charge < -0.3 is 0 Å². The summed E-state index contributed by atoms with van der Waals surface area (Å²) in [5, 5.41) is 5.66. The van der Waals surface area contributed by atoms with Crippen molar-refractivity contribution in [3.05, 3.63) is 47.1 Å². The van der Waals surface area contributed by atoms with Gasteiger partial charge in [0.1, 0.15) is 10.7 Å². The zero-order valence-corrected chi connectivity index (χ0v) is 11.2. The van der Waals surface area contributed by atoms with E-state index in [0.29, 0.717) is 0 Å². The van der Waals surface area contributed by atoms with Crippen LogP contribution in [0.5, 0.6) is 0 Å². The van der Waals surface area contributed by atoms with Crippen LogP contribution in [0.1, 0.15) is 17.6 Å². The Labute approximate surface area is 110 Å². The Morgan fingerprint density at radius 1 is 1.22 bits per heavy atom. The second-order valence-corrected chi connectivity index (χ2v) is 5.23. The monoisotopic (exact) mass is 256 g/mol. The molecule has 3 nitrogen and oxygen atoms in total. The first-order valence-corrected chi connectivity index (χ1v) is 6.84. The largest absolute Gasteiger partial charge is 0.410 e. The van der Waals surface area contributed by atoms with Gasteiger partial charge in [0, 0.05) is 25.0 Å². The fourth-order valence-corrected chi connectivity index (χ4v) is 2.81. The first kappa shape index (κ1) is 11.3. The van der Waals surface area contributed by atoms with Crippen LogP contribution in [0.15, 0.2) is 36.4 Å². The Bertz CT molecular complexity index is 689. The summed E-state index contributed by atoms with van der Waals surface area (Å²) in [5.74, 6) is 0. The maximum absolute atomic E-state index is 4.69. The Morgan fingerprint density at radius 2 is 2.00 bits per heavy atom. The minimum atomic E-state index is 0.953. The van der Waals surface area contributed by atoms with E-state index < -0.39 is 0 Å². The Kier molecular flexibility index (Phi) is 2.80. The van der Waals surface area contributed by atoms with Gasteiger partial charge in [0.2, 0.25) is 0 Å². The second kappa shape index (κ2) is 4.46. The second-order valence-electron chi connectivity index (χ2n) is 4.19. The van der Waals surface area contributed by atoms with E-state index in [1.54, 1.807) is 11.3 Å². The fraction of sp³-hybridized carbons (Fsp3) is 0.214. The van der Waals surface area contributed by atoms with Gasteiger partial charge in [0.25, 0.3) is 0 Å². The van der Waals surface area contributed by atoms with Crippen LogP contribution in [-0.4, -0.2) is 10.1 Å². The molecule has 0 saturated carbocycles. The number of hydrogen-bond donors (Lipinski definition) is 0. The number of benzene rings is 1. The number of nitrogens with zero attached hydrogens (tertiary/aromatic N) is 3. The normalized spacial score (nSPS) is 11.0. The fourth-order valence-electron chi connectivity index (χ4n) is 1.92. The summed E-state index contributed by atoms with van der Waals surface area (Å²) in [6.45, 7) is 4.19. The molecule has 0 aliphatic rings. The maximum atomic E-state index is 4.69. The van der Waals surface area contributed by atoms with Crippen LogP contribution < -0.4 is 4.52 Å². The highest BCUT2D eigenvalue weighted by molar-refractivity contribution is 7.16. The first-order valence-electron chi connectivity index (χ1n) is 6.02.